The molecule has 4 rings (SSSR count). The summed E-state index contributed by atoms with van der Waals surface area (Å²) in [4.78, 5) is 0. The molecule has 2 heterocycles. The fourth-order valence-electron chi connectivity index (χ4n) is 2.29. The largest absolute Gasteiger partial charge is 0.457 e. The highest BCUT2D eigenvalue weighted by atomic mass is 35.5. The van der Waals surface area contributed by atoms with Crippen LogP contribution in [0.1, 0.15) is 11.1 Å². The van der Waals surface area contributed by atoms with Crippen molar-refractivity contribution < 1.29 is 14.2 Å². The molecule has 2 aromatic carbocycles. The molecule has 0 N–H and O–H groups in total. The molecule has 90 valence electrons. The SMILES string of the molecule is Clc1ccc2c(c1)Oc1cc3c(cc1C2)OCO3. The number of fused-ring (bicyclic) bond motifs is 3. The fourth-order valence-corrected chi connectivity index (χ4v) is 2.45. The first-order valence-corrected chi connectivity index (χ1v) is 6.06. The van der Waals surface area contributed by atoms with Gasteiger partial charge in [0, 0.05) is 23.1 Å². The monoisotopic (exact) mass is 260 g/mol. The third-order valence-corrected chi connectivity index (χ3v) is 3.42. The van der Waals surface area contributed by atoms with Crippen LogP contribution >= 0.6 is 11.6 Å². The topological polar surface area (TPSA) is 27.7 Å². The van der Waals surface area contributed by atoms with Crippen LogP contribution in [0.2, 0.25) is 5.02 Å². The van der Waals surface area contributed by atoms with Crippen molar-refractivity contribution in [1.29, 1.82) is 0 Å². The zero-order chi connectivity index (χ0) is 12.1. The Morgan fingerprint density at radius 3 is 2.50 bits per heavy atom. The van der Waals surface area contributed by atoms with Crippen molar-refractivity contribution in [2.24, 2.45) is 0 Å². The van der Waals surface area contributed by atoms with Gasteiger partial charge in [0.25, 0.3) is 0 Å². The minimum Gasteiger partial charge on any atom is -0.457 e. The molecule has 2 aliphatic rings. The molecule has 2 aromatic rings. The molecular weight excluding hydrogens is 252 g/mol. The van der Waals surface area contributed by atoms with E-state index in [1.54, 1.807) is 0 Å². The summed E-state index contributed by atoms with van der Waals surface area (Å²) in [6.07, 6.45) is 0.818. The Kier molecular flexibility index (Phi) is 2.00. The average Bonchev–Trinajstić information content (AvgIpc) is 2.80. The van der Waals surface area contributed by atoms with E-state index in [-0.39, 0.29) is 6.79 Å². The first kappa shape index (κ1) is 10.1. The Bertz CT molecular complexity index is 652. The summed E-state index contributed by atoms with van der Waals surface area (Å²) in [5.74, 6) is 3.15. The summed E-state index contributed by atoms with van der Waals surface area (Å²) in [6, 6.07) is 9.56. The van der Waals surface area contributed by atoms with Crippen molar-refractivity contribution in [3.63, 3.8) is 0 Å². The van der Waals surface area contributed by atoms with Crippen molar-refractivity contribution in [1.82, 2.24) is 0 Å². The smallest absolute Gasteiger partial charge is 0.231 e. The minimum absolute atomic E-state index is 0.275. The average molecular weight is 261 g/mol. The molecular formula is C14H9ClO3. The molecule has 0 bridgehead atoms. The Morgan fingerprint density at radius 2 is 1.61 bits per heavy atom. The molecule has 18 heavy (non-hydrogen) atoms. The van der Waals surface area contributed by atoms with E-state index in [1.807, 2.05) is 30.3 Å². The van der Waals surface area contributed by atoms with Crippen LogP contribution in [0.15, 0.2) is 30.3 Å². The number of benzene rings is 2. The van der Waals surface area contributed by atoms with Gasteiger partial charge in [0.15, 0.2) is 11.5 Å². The van der Waals surface area contributed by atoms with Crippen molar-refractivity contribution in [2.45, 2.75) is 6.42 Å². The quantitative estimate of drug-likeness (QED) is 0.616. The molecule has 4 heteroatoms. The summed E-state index contributed by atoms with van der Waals surface area (Å²) in [6.45, 7) is 0.275. The summed E-state index contributed by atoms with van der Waals surface area (Å²) in [5.41, 5.74) is 2.24. The lowest BCUT2D eigenvalue weighted by Crippen LogP contribution is -2.02. The molecule has 0 radical (unpaired) electrons. The molecule has 0 fully saturated rings. The van der Waals surface area contributed by atoms with Crippen molar-refractivity contribution in [2.75, 3.05) is 6.79 Å². The highest BCUT2D eigenvalue weighted by Crippen LogP contribution is 2.44. The van der Waals surface area contributed by atoms with E-state index >= 15 is 0 Å². The van der Waals surface area contributed by atoms with Gasteiger partial charge in [-0.25, -0.2) is 0 Å². The van der Waals surface area contributed by atoms with Crippen LogP contribution in [-0.2, 0) is 6.42 Å². The number of halogens is 1. The van der Waals surface area contributed by atoms with Crippen LogP contribution in [0.4, 0.5) is 0 Å². The third-order valence-electron chi connectivity index (χ3n) is 3.19. The van der Waals surface area contributed by atoms with Gasteiger partial charge in [-0.05, 0) is 23.8 Å². The second-order valence-electron chi connectivity index (χ2n) is 4.34. The highest BCUT2D eigenvalue weighted by molar-refractivity contribution is 6.30. The van der Waals surface area contributed by atoms with Crippen LogP contribution in [0, 0.1) is 0 Å². The lowest BCUT2D eigenvalue weighted by Gasteiger charge is -2.20. The van der Waals surface area contributed by atoms with Gasteiger partial charge in [0.05, 0.1) is 0 Å². The number of hydrogen-bond donors (Lipinski definition) is 0. The van der Waals surface area contributed by atoms with Gasteiger partial charge in [0.2, 0.25) is 6.79 Å². The standard InChI is InChI=1S/C14H9ClO3/c15-10-2-1-8-3-9-4-13-14(17-7-16-13)6-12(9)18-11(8)5-10/h1-2,4-6H,3,7H2. The van der Waals surface area contributed by atoms with Gasteiger partial charge in [-0.15, -0.1) is 0 Å². The number of ether oxygens (including phenoxy) is 3. The summed E-state index contributed by atoms with van der Waals surface area (Å²) in [7, 11) is 0. The van der Waals surface area contributed by atoms with Gasteiger partial charge in [-0.1, -0.05) is 17.7 Å². The molecule has 0 aromatic heterocycles. The maximum absolute atomic E-state index is 5.97. The van der Waals surface area contributed by atoms with E-state index < -0.39 is 0 Å². The fraction of sp³-hybridized carbons (Fsp3) is 0.143. The second kappa shape index (κ2) is 3.56. The zero-order valence-corrected chi connectivity index (χ0v) is 10.2. The molecule has 0 spiro atoms. The molecule has 0 atom stereocenters. The summed E-state index contributed by atoms with van der Waals surface area (Å²) in [5, 5.41) is 0.679. The molecule has 0 saturated heterocycles. The van der Waals surface area contributed by atoms with E-state index in [4.69, 9.17) is 25.8 Å². The van der Waals surface area contributed by atoms with E-state index in [9.17, 15) is 0 Å². The van der Waals surface area contributed by atoms with Gasteiger partial charge >= 0.3 is 0 Å². The molecule has 0 saturated carbocycles. The first-order valence-electron chi connectivity index (χ1n) is 5.68. The normalized spacial score (nSPS) is 14.7. The molecule has 2 aliphatic heterocycles. The van der Waals surface area contributed by atoms with Gasteiger partial charge in [-0.2, -0.15) is 0 Å². The maximum Gasteiger partial charge on any atom is 0.231 e. The minimum atomic E-state index is 0.275. The molecule has 0 aliphatic carbocycles. The van der Waals surface area contributed by atoms with Crippen LogP contribution in [0.25, 0.3) is 0 Å². The lowest BCUT2D eigenvalue weighted by atomic mass is 10.00. The Morgan fingerprint density at radius 1 is 0.833 bits per heavy atom. The van der Waals surface area contributed by atoms with Crippen molar-refractivity contribution in [3.8, 4) is 23.0 Å². The van der Waals surface area contributed by atoms with E-state index in [1.165, 1.54) is 0 Å². The zero-order valence-electron chi connectivity index (χ0n) is 9.40. The second-order valence-corrected chi connectivity index (χ2v) is 4.78. The van der Waals surface area contributed by atoms with Crippen molar-refractivity contribution in [3.05, 3.63) is 46.5 Å². The predicted octanol–water partition coefficient (Wildman–Crippen LogP) is 3.77. The predicted molar refractivity (Wildman–Crippen MR) is 66.9 cm³/mol. The van der Waals surface area contributed by atoms with Crippen molar-refractivity contribution >= 4 is 11.6 Å². The first-order chi connectivity index (χ1) is 8.79. The van der Waals surface area contributed by atoms with Crippen LogP contribution in [0.5, 0.6) is 23.0 Å². The molecule has 0 unspecified atom stereocenters. The van der Waals surface area contributed by atoms with E-state index in [2.05, 4.69) is 0 Å². The van der Waals surface area contributed by atoms with Gasteiger partial charge < -0.3 is 14.2 Å². The van der Waals surface area contributed by atoms with Gasteiger partial charge in [0.1, 0.15) is 11.5 Å². The molecule has 0 amide bonds. The summed E-state index contributed by atoms with van der Waals surface area (Å²) >= 11 is 5.97. The van der Waals surface area contributed by atoms with E-state index in [0.29, 0.717) is 5.02 Å². The summed E-state index contributed by atoms with van der Waals surface area (Å²) < 4.78 is 16.6. The highest BCUT2D eigenvalue weighted by Gasteiger charge is 2.23. The lowest BCUT2D eigenvalue weighted by molar-refractivity contribution is 0.174. The maximum atomic E-state index is 5.97. The van der Waals surface area contributed by atoms with Gasteiger partial charge in [-0.3, -0.25) is 0 Å². The third kappa shape index (κ3) is 1.44. The van der Waals surface area contributed by atoms with E-state index in [0.717, 1.165) is 40.5 Å². The molecule has 3 nitrogen and oxygen atoms in total. The number of hydrogen-bond acceptors (Lipinski definition) is 3. The Hall–Kier alpha value is -1.87. The van der Waals surface area contributed by atoms with Crippen LogP contribution in [0.3, 0.4) is 0 Å². The Balaban J connectivity index is 1.83. The Labute approximate surface area is 109 Å². The number of rotatable bonds is 0. The van der Waals surface area contributed by atoms with Crippen LogP contribution < -0.4 is 14.2 Å². The van der Waals surface area contributed by atoms with Crippen LogP contribution in [-0.4, -0.2) is 6.79 Å².